The van der Waals surface area contributed by atoms with Gasteiger partial charge >= 0.3 is 11.6 Å². The monoisotopic (exact) mass is 513 g/mol. The van der Waals surface area contributed by atoms with Crippen molar-refractivity contribution in [3.63, 3.8) is 0 Å². The van der Waals surface area contributed by atoms with Gasteiger partial charge in [-0.25, -0.2) is 9.59 Å². The van der Waals surface area contributed by atoms with E-state index in [1.807, 2.05) is 19.1 Å². The standard InChI is InChI=1S/C25H24BrNO6/c1-15-7-10-21(20(26)11-15)31-14-23(28)32-18-9-8-16-12-19(25(30)33-22(16)13-18)24(29)27-17-5-3-2-4-6-17/h7-13,17H,2-6,14H2,1H3,(H,27,29). The van der Waals surface area contributed by atoms with Gasteiger partial charge < -0.3 is 19.2 Å². The Morgan fingerprint density at radius 2 is 1.88 bits per heavy atom. The van der Waals surface area contributed by atoms with E-state index in [0.29, 0.717) is 11.1 Å². The van der Waals surface area contributed by atoms with E-state index < -0.39 is 17.5 Å². The van der Waals surface area contributed by atoms with E-state index in [4.69, 9.17) is 13.9 Å². The summed E-state index contributed by atoms with van der Waals surface area (Å²) in [6, 6.07) is 11.8. The van der Waals surface area contributed by atoms with Gasteiger partial charge in [0.25, 0.3) is 5.91 Å². The van der Waals surface area contributed by atoms with Gasteiger partial charge in [-0.05, 0) is 71.6 Å². The number of benzene rings is 2. The number of rotatable bonds is 6. The van der Waals surface area contributed by atoms with Crippen molar-refractivity contribution >= 4 is 38.8 Å². The van der Waals surface area contributed by atoms with Crippen LogP contribution in [-0.2, 0) is 4.79 Å². The Hall–Kier alpha value is -3.13. The van der Waals surface area contributed by atoms with Crippen LogP contribution in [-0.4, -0.2) is 24.5 Å². The van der Waals surface area contributed by atoms with Gasteiger partial charge in [0.15, 0.2) is 6.61 Å². The number of fused-ring (bicyclic) bond motifs is 1. The van der Waals surface area contributed by atoms with Crippen LogP contribution in [0.3, 0.4) is 0 Å². The number of ether oxygens (including phenoxy) is 2. The SMILES string of the molecule is Cc1ccc(OCC(=O)Oc2ccc3cc(C(=O)NC4CCCCC4)c(=O)oc3c2)c(Br)c1. The molecule has 1 heterocycles. The van der Waals surface area contributed by atoms with Crippen LogP contribution in [0.5, 0.6) is 11.5 Å². The Morgan fingerprint density at radius 3 is 2.64 bits per heavy atom. The number of nitrogens with one attached hydrogen (secondary N) is 1. The highest BCUT2D eigenvalue weighted by Crippen LogP contribution is 2.26. The number of hydrogen-bond acceptors (Lipinski definition) is 6. The van der Waals surface area contributed by atoms with Gasteiger partial charge in [-0.1, -0.05) is 25.3 Å². The highest BCUT2D eigenvalue weighted by atomic mass is 79.9. The number of esters is 1. The lowest BCUT2D eigenvalue weighted by Crippen LogP contribution is -2.38. The molecule has 4 rings (SSSR count). The topological polar surface area (TPSA) is 94.8 Å². The third-order valence-electron chi connectivity index (χ3n) is 5.56. The maximum atomic E-state index is 12.6. The molecule has 1 amide bonds. The third kappa shape index (κ3) is 5.82. The van der Waals surface area contributed by atoms with E-state index in [2.05, 4.69) is 21.2 Å². The van der Waals surface area contributed by atoms with Crippen LogP contribution in [0.1, 0.15) is 48.0 Å². The molecule has 3 aromatic rings. The third-order valence-corrected chi connectivity index (χ3v) is 6.18. The molecule has 0 unspecified atom stereocenters. The lowest BCUT2D eigenvalue weighted by molar-refractivity contribution is -0.136. The van der Waals surface area contributed by atoms with E-state index in [0.717, 1.165) is 35.7 Å². The summed E-state index contributed by atoms with van der Waals surface area (Å²) in [5, 5.41) is 3.49. The first-order valence-corrected chi connectivity index (χ1v) is 11.7. The van der Waals surface area contributed by atoms with E-state index in [-0.39, 0.29) is 29.5 Å². The van der Waals surface area contributed by atoms with Crippen LogP contribution in [0.4, 0.5) is 0 Å². The lowest BCUT2D eigenvalue weighted by Gasteiger charge is -2.22. The fraction of sp³-hybridized carbons (Fsp3) is 0.320. The summed E-state index contributed by atoms with van der Waals surface area (Å²) in [6.45, 7) is 1.66. The molecule has 1 aliphatic carbocycles. The van der Waals surface area contributed by atoms with Gasteiger partial charge in [-0.15, -0.1) is 0 Å². The molecule has 8 heteroatoms. The number of hydrogen-bond donors (Lipinski definition) is 1. The molecule has 0 spiro atoms. The maximum Gasteiger partial charge on any atom is 0.349 e. The van der Waals surface area contributed by atoms with Crippen molar-refractivity contribution < 1.29 is 23.5 Å². The highest BCUT2D eigenvalue weighted by molar-refractivity contribution is 9.10. The Balaban J connectivity index is 1.42. The van der Waals surface area contributed by atoms with Crippen LogP contribution < -0.4 is 20.4 Å². The Labute approximate surface area is 199 Å². The van der Waals surface area contributed by atoms with E-state index >= 15 is 0 Å². The average Bonchev–Trinajstić information content (AvgIpc) is 2.78. The van der Waals surface area contributed by atoms with Crippen molar-refractivity contribution in [2.75, 3.05) is 6.61 Å². The molecule has 1 N–H and O–H groups in total. The number of carbonyl (C=O) groups excluding carboxylic acids is 2. The molecule has 1 aromatic heterocycles. The molecule has 0 atom stereocenters. The van der Waals surface area contributed by atoms with Crippen molar-refractivity contribution in [1.82, 2.24) is 5.32 Å². The van der Waals surface area contributed by atoms with Crippen molar-refractivity contribution in [2.45, 2.75) is 45.1 Å². The quantitative estimate of drug-likeness (QED) is 0.285. The van der Waals surface area contributed by atoms with E-state index in [1.165, 1.54) is 18.6 Å². The molecule has 7 nitrogen and oxygen atoms in total. The van der Waals surface area contributed by atoms with Gasteiger partial charge in [-0.2, -0.15) is 0 Å². The zero-order valence-electron chi connectivity index (χ0n) is 18.2. The minimum Gasteiger partial charge on any atom is -0.481 e. The number of amides is 1. The number of aryl methyl sites for hydroxylation is 1. The minimum absolute atomic E-state index is 0.0325. The molecule has 33 heavy (non-hydrogen) atoms. The second kappa shape index (κ2) is 10.2. The van der Waals surface area contributed by atoms with Crippen molar-refractivity contribution in [2.24, 2.45) is 0 Å². The smallest absolute Gasteiger partial charge is 0.349 e. The molecule has 0 radical (unpaired) electrons. The molecule has 172 valence electrons. The lowest BCUT2D eigenvalue weighted by atomic mass is 9.95. The zero-order valence-corrected chi connectivity index (χ0v) is 19.8. The second-order valence-electron chi connectivity index (χ2n) is 8.15. The molecule has 1 fully saturated rings. The first kappa shape index (κ1) is 23.0. The Kier molecular flexibility index (Phi) is 7.13. The summed E-state index contributed by atoms with van der Waals surface area (Å²) < 4.78 is 16.9. The predicted molar refractivity (Wildman–Crippen MR) is 127 cm³/mol. The summed E-state index contributed by atoms with van der Waals surface area (Å²) in [7, 11) is 0. The molecule has 1 aliphatic rings. The van der Waals surface area contributed by atoms with Gasteiger partial charge in [0.05, 0.1) is 4.47 Å². The van der Waals surface area contributed by atoms with E-state index in [9.17, 15) is 14.4 Å². The largest absolute Gasteiger partial charge is 0.481 e. The van der Waals surface area contributed by atoms with Crippen molar-refractivity contribution in [1.29, 1.82) is 0 Å². The fourth-order valence-electron chi connectivity index (χ4n) is 3.84. The van der Waals surface area contributed by atoms with Crippen LogP contribution >= 0.6 is 15.9 Å². The summed E-state index contributed by atoms with van der Waals surface area (Å²) in [6.07, 6.45) is 5.17. The van der Waals surface area contributed by atoms with Crippen LogP contribution in [0.15, 0.2) is 56.1 Å². The van der Waals surface area contributed by atoms with Gasteiger partial charge in [-0.3, -0.25) is 4.79 Å². The molecule has 0 bridgehead atoms. The summed E-state index contributed by atoms with van der Waals surface area (Å²) in [5.41, 5.74) is 0.521. The van der Waals surface area contributed by atoms with Gasteiger partial charge in [0.1, 0.15) is 22.6 Å². The molecular formula is C25H24BrNO6. The highest BCUT2D eigenvalue weighted by Gasteiger charge is 2.20. The average molecular weight is 514 g/mol. The minimum atomic E-state index is -0.730. The summed E-state index contributed by atoms with van der Waals surface area (Å²) in [4.78, 5) is 37.2. The molecule has 2 aromatic carbocycles. The Bertz CT molecular complexity index is 1250. The first-order chi connectivity index (χ1) is 15.9. The van der Waals surface area contributed by atoms with Crippen molar-refractivity contribution in [3.05, 3.63) is 68.5 Å². The second-order valence-corrected chi connectivity index (χ2v) is 9.01. The molecule has 0 aliphatic heterocycles. The van der Waals surface area contributed by atoms with Crippen molar-refractivity contribution in [3.8, 4) is 11.5 Å². The van der Waals surface area contributed by atoms with E-state index in [1.54, 1.807) is 18.2 Å². The fourth-order valence-corrected chi connectivity index (χ4v) is 4.45. The first-order valence-electron chi connectivity index (χ1n) is 10.9. The van der Waals surface area contributed by atoms with Gasteiger partial charge in [0.2, 0.25) is 0 Å². The Morgan fingerprint density at radius 1 is 1.09 bits per heavy atom. The van der Waals surface area contributed by atoms with Gasteiger partial charge in [0, 0.05) is 17.5 Å². The van der Waals surface area contributed by atoms with Crippen LogP contribution in [0.25, 0.3) is 11.0 Å². The maximum absolute atomic E-state index is 12.6. The van der Waals surface area contributed by atoms with Crippen LogP contribution in [0.2, 0.25) is 0 Å². The number of halogens is 1. The summed E-state index contributed by atoms with van der Waals surface area (Å²) >= 11 is 3.39. The predicted octanol–water partition coefficient (Wildman–Crippen LogP) is 4.91. The number of carbonyl (C=O) groups is 2. The normalized spacial score (nSPS) is 14.1. The zero-order chi connectivity index (χ0) is 23.4. The molecule has 1 saturated carbocycles. The molecule has 0 saturated heterocycles. The van der Waals surface area contributed by atoms with Crippen LogP contribution in [0, 0.1) is 6.92 Å². The molecular weight excluding hydrogens is 490 g/mol. The summed E-state index contributed by atoms with van der Waals surface area (Å²) in [5.74, 6) is -0.289.